The van der Waals surface area contributed by atoms with Crippen LogP contribution in [0.4, 0.5) is 18.9 Å². The minimum atomic E-state index is -4.54. The quantitative estimate of drug-likeness (QED) is 0.822. The third-order valence-corrected chi connectivity index (χ3v) is 2.80. The highest BCUT2D eigenvalue weighted by Gasteiger charge is 2.35. The van der Waals surface area contributed by atoms with Crippen LogP contribution in [0.2, 0.25) is 0 Å². The van der Waals surface area contributed by atoms with Crippen LogP contribution in [-0.2, 0) is 6.54 Å². The zero-order valence-electron chi connectivity index (χ0n) is 9.96. The van der Waals surface area contributed by atoms with Gasteiger partial charge in [0, 0.05) is 23.0 Å². The van der Waals surface area contributed by atoms with Gasteiger partial charge in [-0.05, 0) is 12.1 Å². The van der Waals surface area contributed by atoms with Crippen molar-refractivity contribution < 1.29 is 13.2 Å². The van der Waals surface area contributed by atoms with Gasteiger partial charge < -0.3 is 11.5 Å². The van der Waals surface area contributed by atoms with Gasteiger partial charge in [-0.3, -0.25) is 4.98 Å². The molecule has 0 unspecified atom stereocenters. The molecule has 3 nitrogen and oxygen atoms in total. The first-order valence-corrected chi connectivity index (χ1v) is 5.49. The molecule has 0 saturated carbocycles. The van der Waals surface area contributed by atoms with E-state index in [1.807, 2.05) is 0 Å². The van der Waals surface area contributed by atoms with E-state index in [0.29, 0.717) is 22.2 Å². The van der Waals surface area contributed by atoms with Gasteiger partial charge in [0.05, 0.1) is 17.0 Å². The minimum Gasteiger partial charge on any atom is -0.398 e. The molecule has 0 amide bonds. The second-order valence-electron chi connectivity index (χ2n) is 4.08. The second kappa shape index (κ2) is 4.55. The zero-order valence-corrected chi connectivity index (χ0v) is 9.96. The summed E-state index contributed by atoms with van der Waals surface area (Å²) in [7, 11) is 0. The number of hydrogen-bond donors (Lipinski definition) is 2. The highest BCUT2D eigenvalue weighted by Crippen LogP contribution is 2.36. The molecule has 1 aromatic heterocycles. The van der Waals surface area contributed by atoms with Crippen molar-refractivity contribution in [3.8, 4) is 0 Å². The number of nitrogens with two attached hydrogens (primary N) is 2. The van der Waals surface area contributed by atoms with Crippen molar-refractivity contribution in [3.05, 3.63) is 42.2 Å². The molecule has 1 aromatic carbocycles. The summed E-state index contributed by atoms with van der Waals surface area (Å²) in [5.74, 6) is 0. The zero-order chi connectivity index (χ0) is 14.2. The molecule has 0 aliphatic rings. The molecule has 0 atom stereocenters. The molecule has 0 fully saturated rings. The molecular formula is C13H12F3N3. The number of nitrogen functional groups attached to an aromatic ring is 1. The van der Waals surface area contributed by atoms with Crippen LogP contribution in [-0.4, -0.2) is 11.2 Å². The summed E-state index contributed by atoms with van der Waals surface area (Å²) in [6, 6.07) is 6.32. The fourth-order valence-electron chi connectivity index (χ4n) is 1.82. The molecule has 2 rings (SSSR count). The molecule has 0 aliphatic heterocycles. The summed E-state index contributed by atoms with van der Waals surface area (Å²) in [6.07, 6.45) is -4.54. The van der Waals surface area contributed by atoms with Crippen molar-refractivity contribution in [2.75, 3.05) is 5.73 Å². The molecule has 1 heterocycles. The van der Waals surface area contributed by atoms with Gasteiger partial charge in [0.2, 0.25) is 0 Å². The molecule has 0 saturated heterocycles. The average Bonchev–Trinajstić information content (AvgIpc) is 2.36. The lowest BCUT2D eigenvalue weighted by molar-refractivity contribution is -0.0688. The Balaban J connectivity index is 2.79. The lowest BCUT2D eigenvalue weighted by atomic mass is 10.0. The normalized spacial score (nSPS) is 11.8. The number of pyridine rings is 1. The maximum Gasteiger partial charge on any atom is 0.417 e. The maximum atomic E-state index is 12.8. The smallest absolute Gasteiger partial charge is 0.398 e. The highest BCUT2D eigenvalue weighted by molar-refractivity contribution is 5.99. The molecule has 0 bridgehead atoms. The van der Waals surface area contributed by atoms with Crippen LogP contribution in [0.1, 0.15) is 11.4 Å². The van der Waals surface area contributed by atoms with E-state index in [2.05, 4.69) is 11.6 Å². The number of benzene rings is 1. The van der Waals surface area contributed by atoms with Crippen molar-refractivity contribution in [3.63, 3.8) is 0 Å². The van der Waals surface area contributed by atoms with Crippen LogP contribution in [0.25, 0.3) is 16.3 Å². The molecule has 0 aliphatic carbocycles. The lowest BCUT2D eigenvalue weighted by Crippen LogP contribution is -2.13. The fraction of sp³-hybridized carbons (Fsp3) is 0.154. The Morgan fingerprint density at radius 3 is 2.53 bits per heavy atom. The topological polar surface area (TPSA) is 64.9 Å². The first kappa shape index (κ1) is 13.4. The van der Waals surface area contributed by atoms with Gasteiger partial charge in [-0.1, -0.05) is 18.7 Å². The van der Waals surface area contributed by atoms with E-state index >= 15 is 0 Å². The average molecular weight is 267 g/mol. The molecule has 0 spiro atoms. The Morgan fingerprint density at radius 2 is 1.95 bits per heavy atom. The first-order chi connectivity index (χ1) is 8.84. The van der Waals surface area contributed by atoms with E-state index < -0.39 is 11.7 Å². The summed E-state index contributed by atoms with van der Waals surface area (Å²) < 4.78 is 38.4. The molecule has 6 heteroatoms. The Bertz CT molecular complexity index is 647. The van der Waals surface area contributed by atoms with E-state index in [0.717, 1.165) is 0 Å². The van der Waals surface area contributed by atoms with Crippen molar-refractivity contribution in [2.24, 2.45) is 5.73 Å². The number of hydrogen-bond acceptors (Lipinski definition) is 3. The van der Waals surface area contributed by atoms with Gasteiger partial charge in [0.15, 0.2) is 0 Å². The number of alkyl halides is 3. The van der Waals surface area contributed by atoms with Gasteiger partial charge in [0.1, 0.15) is 0 Å². The van der Waals surface area contributed by atoms with E-state index in [4.69, 9.17) is 11.5 Å². The second-order valence-corrected chi connectivity index (χ2v) is 4.08. The molecular weight excluding hydrogens is 255 g/mol. The third-order valence-electron chi connectivity index (χ3n) is 2.80. The molecule has 4 N–H and O–H groups in total. The van der Waals surface area contributed by atoms with E-state index in [9.17, 15) is 13.2 Å². The Labute approximate surface area is 107 Å². The summed E-state index contributed by atoms with van der Waals surface area (Å²) >= 11 is 0. The van der Waals surface area contributed by atoms with Gasteiger partial charge in [-0.25, -0.2) is 0 Å². The van der Waals surface area contributed by atoms with Crippen molar-refractivity contribution >= 4 is 22.0 Å². The van der Waals surface area contributed by atoms with Crippen LogP contribution >= 0.6 is 0 Å². The van der Waals surface area contributed by atoms with Crippen molar-refractivity contribution in [1.82, 2.24) is 4.98 Å². The number of rotatable bonds is 2. The van der Waals surface area contributed by atoms with Crippen LogP contribution in [0.15, 0.2) is 30.8 Å². The predicted molar refractivity (Wildman–Crippen MR) is 69.1 cm³/mol. The fourth-order valence-corrected chi connectivity index (χ4v) is 1.82. The third kappa shape index (κ3) is 2.39. The highest BCUT2D eigenvalue weighted by atomic mass is 19.4. The molecule has 19 heavy (non-hydrogen) atoms. The van der Waals surface area contributed by atoms with Gasteiger partial charge in [-0.15, -0.1) is 0 Å². The molecule has 100 valence electrons. The van der Waals surface area contributed by atoms with E-state index in [1.165, 1.54) is 6.07 Å². The first-order valence-electron chi connectivity index (χ1n) is 5.49. The lowest BCUT2D eigenvalue weighted by Gasteiger charge is -2.14. The largest absolute Gasteiger partial charge is 0.417 e. The standard InChI is InChI=1S/C13H12F3N3/c1-7(13(14,15)16)12-9-3-2-4-11(18)10(9)5-8(6-17)19-12/h2-5H,1,6,17-18H2. The number of aromatic nitrogens is 1. The number of allylic oxidation sites excluding steroid dienone is 1. The van der Waals surface area contributed by atoms with Crippen LogP contribution in [0.5, 0.6) is 0 Å². The predicted octanol–water partition coefficient (Wildman–Crippen LogP) is 2.85. The summed E-state index contributed by atoms with van der Waals surface area (Å²) in [5.41, 5.74) is 10.7. The summed E-state index contributed by atoms with van der Waals surface area (Å²) in [5, 5.41) is 0.817. The van der Waals surface area contributed by atoms with Gasteiger partial charge >= 0.3 is 6.18 Å². The number of halogens is 3. The van der Waals surface area contributed by atoms with Crippen LogP contribution < -0.4 is 11.5 Å². The van der Waals surface area contributed by atoms with Crippen LogP contribution in [0, 0.1) is 0 Å². The monoisotopic (exact) mass is 267 g/mol. The Kier molecular flexibility index (Phi) is 3.20. The Hall–Kier alpha value is -2.08. The molecule has 2 aromatic rings. The van der Waals surface area contributed by atoms with E-state index in [1.54, 1.807) is 18.2 Å². The van der Waals surface area contributed by atoms with Crippen LogP contribution in [0.3, 0.4) is 0 Å². The van der Waals surface area contributed by atoms with Gasteiger partial charge in [-0.2, -0.15) is 13.2 Å². The number of fused-ring (bicyclic) bond motifs is 1. The SMILES string of the molecule is C=C(c1nc(CN)cc2c(N)cccc12)C(F)(F)F. The number of nitrogens with zero attached hydrogens (tertiary/aromatic N) is 1. The molecule has 0 radical (unpaired) electrons. The summed E-state index contributed by atoms with van der Waals surface area (Å²) in [4.78, 5) is 3.93. The number of anilines is 1. The minimum absolute atomic E-state index is 0.0302. The Morgan fingerprint density at radius 1 is 1.26 bits per heavy atom. The van der Waals surface area contributed by atoms with Crippen molar-refractivity contribution in [2.45, 2.75) is 12.7 Å². The van der Waals surface area contributed by atoms with E-state index in [-0.39, 0.29) is 12.2 Å². The van der Waals surface area contributed by atoms with Gasteiger partial charge in [0.25, 0.3) is 0 Å². The maximum absolute atomic E-state index is 12.8. The summed E-state index contributed by atoms with van der Waals surface area (Å²) in [6.45, 7) is 3.11. The van der Waals surface area contributed by atoms with Crippen molar-refractivity contribution in [1.29, 1.82) is 0 Å².